The van der Waals surface area contributed by atoms with E-state index in [4.69, 9.17) is 5.11 Å². The number of anilines is 1. The van der Waals surface area contributed by atoms with Crippen LogP contribution in [0.3, 0.4) is 0 Å². The summed E-state index contributed by atoms with van der Waals surface area (Å²) in [4.78, 5) is 38.7. The largest absolute Gasteiger partial charge is 0.506 e. The molecule has 34 heavy (non-hydrogen) atoms. The first-order valence-corrected chi connectivity index (χ1v) is 11.5. The van der Waals surface area contributed by atoms with Crippen LogP contribution in [0.15, 0.2) is 35.1 Å². The van der Waals surface area contributed by atoms with Crippen molar-refractivity contribution in [1.29, 1.82) is 0 Å². The normalized spacial score (nSPS) is 21.1. The Kier molecular flexibility index (Phi) is 6.58. The number of hydrogen-bond donors (Lipinski definition) is 3. The number of carbonyl (C=O) groups excluding carboxylic acids is 1. The van der Waals surface area contributed by atoms with Crippen LogP contribution in [0.5, 0.6) is 5.75 Å². The number of nitrogens with zero attached hydrogens (tertiary/aromatic N) is 2. The number of carboxylic acid groups (broad SMARTS) is 1. The van der Waals surface area contributed by atoms with Gasteiger partial charge in [0.2, 0.25) is 0 Å². The fourth-order valence-electron chi connectivity index (χ4n) is 4.57. The summed E-state index contributed by atoms with van der Waals surface area (Å²) in [5, 5.41) is 23.0. The van der Waals surface area contributed by atoms with E-state index >= 15 is 0 Å². The van der Waals surface area contributed by atoms with Crippen LogP contribution >= 0.6 is 0 Å². The molecular weight excluding hydrogens is 434 g/mol. The second kappa shape index (κ2) is 9.59. The number of fused-ring (bicyclic) bond motifs is 1. The molecular formula is C26H29N3O5. The van der Waals surface area contributed by atoms with Crippen LogP contribution in [0.25, 0.3) is 17.7 Å². The van der Waals surface area contributed by atoms with E-state index in [1.54, 1.807) is 13.1 Å². The molecule has 3 N–H and O–H groups in total. The fourth-order valence-corrected chi connectivity index (χ4v) is 4.57. The van der Waals surface area contributed by atoms with Crippen molar-refractivity contribution in [2.75, 3.05) is 24.5 Å². The number of nitrogens with one attached hydrogen (secondary N) is 1. The Hall–Kier alpha value is -3.81. The summed E-state index contributed by atoms with van der Waals surface area (Å²) in [5.74, 6) is -2.43. The van der Waals surface area contributed by atoms with Crippen LogP contribution in [-0.4, -0.2) is 46.3 Å². The van der Waals surface area contributed by atoms with Crippen molar-refractivity contribution >= 4 is 35.3 Å². The summed E-state index contributed by atoms with van der Waals surface area (Å²) in [7, 11) is 1.54. The highest BCUT2D eigenvalue weighted by Crippen LogP contribution is 2.27. The van der Waals surface area contributed by atoms with E-state index in [2.05, 4.69) is 35.3 Å². The number of rotatable bonds is 5. The number of carboxylic acids is 1. The first-order valence-electron chi connectivity index (χ1n) is 11.5. The molecule has 8 heteroatoms. The van der Waals surface area contributed by atoms with Gasteiger partial charge in [-0.3, -0.25) is 14.4 Å². The van der Waals surface area contributed by atoms with Gasteiger partial charge < -0.3 is 25.0 Å². The van der Waals surface area contributed by atoms with Crippen LogP contribution in [0.2, 0.25) is 0 Å². The molecule has 0 spiro atoms. The maximum atomic E-state index is 12.9. The van der Waals surface area contributed by atoms with Gasteiger partial charge in [0.15, 0.2) is 0 Å². The lowest BCUT2D eigenvalue weighted by Gasteiger charge is -2.19. The Morgan fingerprint density at radius 1 is 1.21 bits per heavy atom. The highest BCUT2D eigenvalue weighted by Gasteiger charge is 2.21. The number of aliphatic carboxylic acids is 1. The molecule has 1 aliphatic heterocycles. The Morgan fingerprint density at radius 2 is 1.94 bits per heavy atom. The number of aromatic nitrogens is 1. The summed E-state index contributed by atoms with van der Waals surface area (Å²) in [6, 6.07) is 8.25. The summed E-state index contributed by atoms with van der Waals surface area (Å²) < 4.78 is 1.33. The molecule has 1 aliphatic carbocycles. The van der Waals surface area contributed by atoms with E-state index in [1.165, 1.54) is 17.4 Å². The Morgan fingerprint density at radius 3 is 2.65 bits per heavy atom. The number of aromatic hydroxyl groups is 1. The van der Waals surface area contributed by atoms with Crippen LogP contribution in [-0.2, 0) is 11.8 Å². The highest BCUT2D eigenvalue weighted by atomic mass is 16.4. The molecule has 1 unspecified atom stereocenters. The van der Waals surface area contributed by atoms with E-state index < -0.39 is 35.3 Å². The molecule has 2 aromatic rings. The Balaban J connectivity index is 1.89. The molecule has 0 bridgehead atoms. The Labute approximate surface area is 197 Å². The number of hydrogen-bond acceptors (Lipinski definition) is 5. The molecule has 1 fully saturated rings. The number of pyridine rings is 1. The minimum absolute atomic E-state index is 0.186. The highest BCUT2D eigenvalue weighted by molar-refractivity contribution is 5.98. The fraction of sp³-hybridized carbons (Fsp3) is 0.346. The van der Waals surface area contributed by atoms with Crippen molar-refractivity contribution in [3.8, 4) is 5.75 Å². The van der Waals surface area contributed by atoms with Crippen molar-refractivity contribution in [2.24, 2.45) is 13.0 Å². The van der Waals surface area contributed by atoms with Crippen molar-refractivity contribution in [1.82, 2.24) is 9.88 Å². The number of carbonyl (C=O) groups is 2. The topological polar surface area (TPSA) is 112 Å². The third-order valence-electron chi connectivity index (χ3n) is 6.37. The molecule has 2 aliphatic rings. The van der Waals surface area contributed by atoms with Gasteiger partial charge in [0.1, 0.15) is 17.9 Å². The summed E-state index contributed by atoms with van der Waals surface area (Å²) in [6.45, 7) is 3.49. The molecule has 1 atom stereocenters. The van der Waals surface area contributed by atoms with Crippen molar-refractivity contribution in [3.05, 3.63) is 62.4 Å². The quantitative estimate of drug-likeness (QED) is 0.614. The van der Waals surface area contributed by atoms with E-state index in [0.29, 0.717) is 17.0 Å². The molecule has 0 saturated carbocycles. The zero-order chi connectivity index (χ0) is 24.4. The molecule has 1 saturated heterocycles. The minimum atomic E-state index is -1.24. The lowest BCUT2D eigenvalue weighted by Crippen LogP contribution is -2.46. The van der Waals surface area contributed by atoms with Gasteiger partial charge in [-0.2, -0.15) is 0 Å². The molecule has 1 aromatic heterocycles. The monoisotopic (exact) mass is 463 g/mol. The van der Waals surface area contributed by atoms with Crippen LogP contribution in [0.4, 0.5) is 5.69 Å². The third-order valence-corrected chi connectivity index (χ3v) is 6.37. The Bertz CT molecular complexity index is 1350. The van der Waals surface area contributed by atoms with Gasteiger partial charge in [-0.05, 0) is 54.5 Å². The lowest BCUT2D eigenvalue weighted by molar-refractivity contribution is -0.135. The second-order valence-corrected chi connectivity index (χ2v) is 8.89. The molecule has 8 nitrogen and oxygen atoms in total. The molecule has 178 valence electrons. The number of amides is 1. The van der Waals surface area contributed by atoms with Crippen LogP contribution in [0, 0.1) is 5.92 Å². The molecule has 1 amide bonds. The van der Waals surface area contributed by atoms with Gasteiger partial charge in [0.05, 0.1) is 5.35 Å². The van der Waals surface area contributed by atoms with E-state index in [9.17, 15) is 19.5 Å². The average molecular weight is 464 g/mol. The minimum Gasteiger partial charge on any atom is -0.506 e. The van der Waals surface area contributed by atoms with E-state index in [0.717, 1.165) is 29.9 Å². The molecule has 1 aromatic carbocycles. The molecule has 4 rings (SSSR count). The number of benzene rings is 1. The number of allylic oxidation sites excluding steroid dienone is 2. The van der Waals surface area contributed by atoms with Crippen molar-refractivity contribution in [3.63, 3.8) is 0 Å². The van der Waals surface area contributed by atoms with E-state index in [-0.39, 0.29) is 5.92 Å². The van der Waals surface area contributed by atoms with Gasteiger partial charge >= 0.3 is 5.97 Å². The maximum absolute atomic E-state index is 12.9. The zero-order valence-electron chi connectivity index (χ0n) is 19.4. The van der Waals surface area contributed by atoms with E-state index in [1.807, 2.05) is 18.2 Å². The lowest BCUT2D eigenvalue weighted by atomic mass is 9.95. The first kappa shape index (κ1) is 23.4. The summed E-state index contributed by atoms with van der Waals surface area (Å²) in [6.07, 6.45) is 8.80. The van der Waals surface area contributed by atoms with Crippen molar-refractivity contribution in [2.45, 2.75) is 26.2 Å². The standard InChI is InChI=1S/C26H29N3O5/c1-16-8-9-21-20(24(32)23(26(34)28(21)2)25(33)27-15-22(30)31)14-18(12-16)17-6-5-7-19(13-17)29-10-3-4-11-29/h5-7,9,12-14,16,32H,3-4,8,10-11,15H2,1-2H3,(H,27,33)(H,30,31)/b18-12+,20-14+,21-9-. The summed E-state index contributed by atoms with van der Waals surface area (Å²) >= 11 is 0. The zero-order valence-corrected chi connectivity index (χ0v) is 19.4. The van der Waals surface area contributed by atoms with Gasteiger partial charge in [-0.25, -0.2) is 0 Å². The average Bonchev–Trinajstić information content (AvgIpc) is 3.34. The summed E-state index contributed by atoms with van der Waals surface area (Å²) in [5.41, 5.74) is 1.86. The maximum Gasteiger partial charge on any atom is 0.322 e. The van der Waals surface area contributed by atoms with Gasteiger partial charge in [-0.1, -0.05) is 31.2 Å². The first-order chi connectivity index (χ1) is 16.3. The van der Waals surface area contributed by atoms with Gasteiger partial charge in [0.25, 0.3) is 11.5 Å². The van der Waals surface area contributed by atoms with Crippen LogP contribution < -0.4 is 26.3 Å². The molecule has 2 heterocycles. The predicted molar refractivity (Wildman–Crippen MR) is 131 cm³/mol. The third kappa shape index (κ3) is 4.62. The smallest absolute Gasteiger partial charge is 0.322 e. The molecule has 0 radical (unpaired) electrons. The van der Waals surface area contributed by atoms with Gasteiger partial charge in [-0.15, -0.1) is 0 Å². The predicted octanol–water partition coefficient (Wildman–Crippen LogP) is 1.19. The SMILES string of the molecule is CC1\C=C(c2cccc(N3CCCC3)c2)/C=c2/c(O)c(C(=O)NCC(=O)O)c(=O)n(C)/c2=C\C1. The van der Waals surface area contributed by atoms with Crippen molar-refractivity contribution < 1.29 is 19.8 Å². The van der Waals surface area contributed by atoms with Crippen LogP contribution in [0.1, 0.15) is 42.1 Å². The second-order valence-electron chi connectivity index (χ2n) is 8.89. The van der Waals surface area contributed by atoms with Gasteiger partial charge in [0, 0.05) is 31.0 Å².